The predicted molar refractivity (Wildman–Crippen MR) is 119 cm³/mol. The molecule has 1 amide bonds. The molecule has 158 valence electrons. The maximum Gasteiger partial charge on any atom is 0.336 e. The van der Waals surface area contributed by atoms with Gasteiger partial charge in [0.1, 0.15) is 11.3 Å². The maximum absolute atomic E-state index is 12.5. The number of amides is 1. The molecular formula is C23H20ClN3O4. The first-order chi connectivity index (χ1) is 14.8. The normalized spacial score (nSPS) is 11.0. The highest BCUT2D eigenvalue weighted by Gasteiger charge is 2.16. The Morgan fingerprint density at radius 3 is 2.65 bits per heavy atom. The van der Waals surface area contributed by atoms with Gasteiger partial charge in [-0.25, -0.2) is 9.48 Å². The van der Waals surface area contributed by atoms with E-state index in [0.29, 0.717) is 27.4 Å². The van der Waals surface area contributed by atoms with Crippen LogP contribution in [0.25, 0.3) is 16.7 Å². The molecule has 0 atom stereocenters. The van der Waals surface area contributed by atoms with Gasteiger partial charge in [0.05, 0.1) is 27.8 Å². The van der Waals surface area contributed by atoms with Crippen molar-refractivity contribution < 1.29 is 13.9 Å². The summed E-state index contributed by atoms with van der Waals surface area (Å²) in [7, 11) is 0. The van der Waals surface area contributed by atoms with Crippen molar-refractivity contribution in [3.63, 3.8) is 0 Å². The van der Waals surface area contributed by atoms with Crippen molar-refractivity contribution in [1.82, 2.24) is 9.78 Å². The molecule has 2 aromatic carbocycles. The topological polar surface area (TPSA) is 86.4 Å². The van der Waals surface area contributed by atoms with Gasteiger partial charge in [0.2, 0.25) is 0 Å². The fourth-order valence-electron chi connectivity index (χ4n) is 3.39. The number of nitrogens with zero attached hydrogens (tertiary/aromatic N) is 2. The summed E-state index contributed by atoms with van der Waals surface area (Å²) in [6.45, 7) is 5.24. The number of hydrogen-bond donors (Lipinski definition) is 1. The molecule has 0 unspecified atom stereocenters. The number of nitrogens with one attached hydrogen (secondary N) is 1. The molecule has 0 aliphatic carbocycles. The van der Waals surface area contributed by atoms with E-state index in [2.05, 4.69) is 10.4 Å². The average molecular weight is 438 g/mol. The summed E-state index contributed by atoms with van der Waals surface area (Å²) < 4.78 is 12.6. The van der Waals surface area contributed by atoms with Gasteiger partial charge in [0, 0.05) is 17.5 Å². The van der Waals surface area contributed by atoms with Crippen LogP contribution in [0.4, 0.5) is 5.69 Å². The Balaban J connectivity index is 1.51. The monoisotopic (exact) mass is 437 g/mol. The smallest absolute Gasteiger partial charge is 0.336 e. The second-order valence-corrected chi connectivity index (χ2v) is 7.56. The molecule has 8 heteroatoms. The van der Waals surface area contributed by atoms with E-state index >= 15 is 0 Å². The molecule has 4 aromatic rings. The number of anilines is 1. The molecule has 0 saturated heterocycles. The third-order valence-corrected chi connectivity index (χ3v) is 5.21. The first kappa shape index (κ1) is 20.7. The van der Waals surface area contributed by atoms with Crippen LogP contribution in [0.15, 0.2) is 57.7 Å². The number of carbonyl (C=O) groups is 1. The van der Waals surface area contributed by atoms with Crippen LogP contribution in [0.5, 0.6) is 5.75 Å². The number of para-hydroxylation sites is 1. The molecular weight excluding hydrogens is 418 g/mol. The summed E-state index contributed by atoms with van der Waals surface area (Å²) in [5.74, 6) is -0.104. The molecule has 0 spiro atoms. The quantitative estimate of drug-likeness (QED) is 0.462. The zero-order valence-corrected chi connectivity index (χ0v) is 18.0. The van der Waals surface area contributed by atoms with Crippen LogP contribution in [0.1, 0.15) is 17.0 Å². The third kappa shape index (κ3) is 4.18. The Labute approximate surface area is 183 Å². The molecule has 0 radical (unpaired) electrons. The van der Waals surface area contributed by atoms with Gasteiger partial charge in [-0.15, -0.1) is 0 Å². The molecule has 4 rings (SSSR count). The van der Waals surface area contributed by atoms with E-state index in [9.17, 15) is 9.59 Å². The fraction of sp³-hybridized carbons (Fsp3) is 0.174. The van der Waals surface area contributed by atoms with Crippen LogP contribution in [0, 0.1) is 20.8 Å². The summed E-state index contributed by atoms with van der Waals surface area (Å²) in [4.78, 5) is 24.2. The number of ether oxygens (including phenoxy) is 1. The van der Waals surface area contributed by atoms with Crippen LogP contribution < -0.4 is 15.7 Å². The Morgan fingerprint density at radius 1 is 1.16 bits per heavy atom. The zero-order valence-electron chi connectivity index (χ0n) is 17.2. The highest BCUT2D eigenvalue weighted by atomic mass is 35.5. The van der Waals surface area contributed by atoms with E-state index in [-0.39, 0.29) is 18.3 Å². The van der Waals surface area contributed by atoms with Gasteiger partial charge in [-0.3, -0.25) is 4.79 Å². The summed E-state index contributed by atoms with van der Waals surface area (Å²) in [5, 5.41) is 8.39. The van der Waals surface area contributed by atoms with E-state index in [1.54, 1.807) is 17.7 Å². The molecule has 2 heterocycles. The molecule has 0 bridgehead atoms. The lowest BCUT2D eigenvalue weighted by molar-refractivity contribution is -0.118. The average Bonchev–Trinajstić information content (AvgIpc) is 3.02. The van der Waals surface area contributed by atoms with Crippen molar-refractivity contribution in [2.45, 2.75) is 20.8 Å². The van der Waals surface area contributed by atoms with Crippen LogP contribution in [-0.4, -0.2) is 22.3 Å². The van der Waals surface area contributed by atoms with Crippen molar-refractivity contribution in [2.24, 2.45) is 0 Å². The number of hydrogen-bond acceptors (Lipinski definition) is 5. The van der Waals surface area contributed by atoms with Crippen LogP contribution in [-0.2, 0) is 4.79 Å². The molecule has 0 fully saturated rings. The maximum atomic E-state index is 12.5. The molecule has 7 nitrogen and oxygen atoms in total. The molecule has 0 saturated carbocycles. The van der Waals surface area contributed by atoms with Crippen LogP contribution >= 0.6 is 11.6 Å². The summed E-state index contributed by atoms with van der Waals surface area (Å²) in [6, 6.07) is 14.2. The first-order valence-electron chi connectivity index (χ1n) is 9.62. The van der Waals surface area contributed by atoms with Gasteiger partial charge < -0.3 is 14.5 Å². The molecule has 31 heavy (non-hydrogen) atoms. The Morgan fingerprint density at radius 2 is 1.90 bits per heavy atom. The second-order valence-electron chi connectivity index (χ2n) is 7.16. The second kappa shape index (κ2) is 8.28. The minimum atomic E-state index is -0.461. The van der Waals surface area contributed by atoms with Crippen LogP contribution in [0.2, 0.25) is 5.02 Å². The van der Waals surface area contributed by atoms with Gasteiger partial charge in [0.15, 0.2) is 6.61 Å². The van der Waals surface area contributed by atoms with Crippen molar-refractivity contribution in [3.05, 3.63) is 80.9 Å². The van der Waals surface area contributed by atoms with Crippen molar-refractivity contribution >= 4 is 34.2 Å². The molecule has 0 aliphatic heterocycles. The van der Waals surface area contributed by atoms with Crippen LogP contribution in [0.3, 0.4) is 0 Å². The Bertz CT molecular complexity index is 1340. The number of aromatic nitrogens is 2. The van der Waals surface area contributed by atoms with Gasteiger partial charge >= 0.3 is 5.63 Å². The lowest BCUT2D eigenvalue weighted by atomic mass is 10.1. The van der Waals surface area contributed by atoms with Gasteiger partial charge in [-0.05, 0) is 44.5 Å². The van der Waals surface area contributed by atoms with Crippen molar-refractivity contribution in [1.29, 1.82) is 0 Å². The summed E-state index contributed by atoms with van der Waals surface area (Å²) in [6.07, 6.45) is 0. The number of rotatable bonds is 5. The Hall–Kier alpha value is -3.58. The minimum absolute atomic E-state index is 0.256. The Kier molecular flexibility index (Phi) is 5.52. The van der Waals surface area contributed by atoms with Gasteiger partial charge in [-0.2, -0.15) is 5.10 Å². The van der Waals surface area contributed by atoms with E-state index in [1.165, 1.54) is 12.1 Å². The molecule has 1 N–H and O–H groups in total. The van der Waals surface area contributed by atoms with E-state index in [0.717, 1.165) is 16.9 Å². The van der Waals surface area contributed by atoms with E-state index in [1.807, 2.05) is 44.2 Å². The van der Waals surface area contributed by atoms with Gasteiger partial charge in [-0.1, -0.05) is 29.8 Å². The lowest BCUT2D eigenvalue weighted by Crippen LogP contribution is -2.21. The number of aryl methyl sites for hydroxylation is 2. The largest absolute Gasteiger partial charge is 0.482 e. The zero-order chi connectivity index (χ0) is 22.1. The molecule has 2 aromatic heterocycles. The van der Waals surface area contributed by atoms with Crippen molar-refractivity contribution in [3.8, 4) is 11.4 Å². The fourth-order valence-corrected chi connectivity index (χ4v) is 3.61. The number of fused-ring (bicyclic) bond motifs is 1. The van der Waals surface area contributed by atoms with E-state index < -0.39 is 5.63 Å². The number of halogens is 1. The SMILES string of the molecule is Cc1nn(-c2ccccc2)c(C)c1NC(=O)COc1cc2oc(=O)cc(C)c2cc1Cl. The highest BCUT2D eigenvalue weighted by Crippen LogP contribution is 2.31. The minimum Gasteiger partial charge on any atom is -0.482 e. The molecule has 0 aliphatic rings. The summed E-state index contributed by atoms with van der Waals surface area (Å²) in [5.41, 5.74) is 3.66. The summed E-state index contributed by atoms with van der Waals surface area (Å²) >= 11 is 6.29. The predicted octanol–water partition coefficient (Wildman–Crippen LogP) is 4.57. The first-order valence-corrected chi connectivity index (χ1v) is 9.99. The van der Waals surface area contributed by atoms with Gasteiger partial charge in [0.25, 0.3) is 5.91 Å². The number of benzene rings is 2. The van der Waals surface area contributed by atoms with E-state index in [4.69, 9.17) is 20.8 Å². The highest BCUT2D eigenvalue weighted by molar-refractivity contribution is 6.32. The standard InChI is InChI=1S/C23H20ClN3O4/c1-13-9-22(29)31-19-11-20(18(24)10-17(13)19)30-12-21(28)25-23-14(2)26-27(15(23)3)16-7-5-4-6-8-16/h4-11H,12H2,1-3H3,(H,25,28). The lowest BCUT2D eigenvalue weighted by Gasteiger charge is -2.11. The third-order valence-electron chi connectivity index (χ3n) is 4.92. The van der Waals surface area contributed by atoms with Crippen molar-refractivity contribution in [2.75, 3.05) is 11.9 Å². The number of carbonyl (C=O) groups excluding carboxylic acids is 1.